The second-order valence-electron chi connectivity index (χ2n) is 6.53. The molecule has 1 aliphatic rings. The summed E-state index contributed by atoms with van der Waals surface area (Å²) in [5.41, 5.74) is 1.69. The van der Waals surface area contributed by atoms with Crippen molar-refractivity contribution in [3.05, 3.63) is 46.1 Å². The molecule has 1 N–H and O–H groups in total. The Balaban J connectivity index is 1.71. The van der Waals surface area contributed by atoms with Gasteiger partial charge in [0.2, 0.25) is 5.91 Å². The minimum Gasteiger partial charge on any atom is -0.375 e. The molecule has 3 rings (SSSR count). The number of hydrogen-bond donors (Lipinski definition) is 1. The molecule has 1 aliphatic heterocycles. The highest BCUT2D eigenvalue weighted by Gasteiger charge is 2.25. The van der Waals surface area contributed by atoms with Crippen LogP contribution in [0.5, 0.6) is 0 Å². The molecular formula is C18H24N4O3. The van der Waals surface area contributed by atoms with E-state index < -0.39 is 0 Å². The highest BCUT2D eigenvalue weighted by Crippen LogP contribution is 2.22. The molecule has 0 radical (unpaired) electrons. The SMILES string of the molecule is COCC(=O)N1CCC(Cc2n[nH]c(=O)n2-c2ccccc2C)CC1. The van der Waals surface area contributed by atoms with Crippen LogP contribution in [0.1, 0.15) is 24.2 Å². The summed E-state index contributed by atoms with van der Waals surface area (Å²) in [7, 11) is 1.53. The predicted molar refractivity (Wildman–Crippen MR) is 93.8 cm³/mol. The van der Waals surface area contributed by atoms with Crippen molar-refractivity contribution in [2.75, 3.05) is 26.8 Å². The fourth-order valence-electron chi connectivity index (χ4n) is 3.39. The number of aromatic amines is 1. The predicted octanol–water partition coefficient (Wildman–Crippen LogP) is 1.30. The van der Waals surface area contributed by atoms with Crippen molar-refractivity contribution in [1.29, 1.82) is 0 Å². The summed E-state index contributed by atoms with van der Waals surface area (Å²) >= 11 is 0. The molecule has 1 aromatic heterocycles. The summed E-state index contributed by atoms with van der Waals surface area (Å²) in [6, 6.07) is 7.79. The van der Waals surface area contributed by atoms with Crippen LogP contribution in [0.25, 0.3) is 5.69 Å². The van der Waals surface area contributed by atoms with Crippen LogP contribution < -0.4 is 5.69 Å². The van der Waals surface area contributed by atoms with Gasteiger partial charge in [-0.15, -0.1) is 0 Å². The third-order valence-corrected chi connectivity index (χ3v) is 4.80. The minimum atomic E-state index is -0.211. The number of hydrogen-bond acceptors (Lipinski definition) is 4. The van der Waals surface area contributed by atoms with Gasteiger partial charge in [0.1, 0.15) is 12.4 Å². The number of aryl methyl sites for hydroxylation is 1. The van der Waals surface area contributed by atoms with Crippen molar-refractivity contribution in [1.82, 2.24) is 19.7 Å². The lowest BCUT2D eigenvalue weighted by molar-refractivity contribution is -0.136. The molecule has 7 nitrogen and oxygen atoms in total. The normalized spacial score (nSPS) is 15.5. The number of H-pyrrole nitrogens is 1. The van der Waals surface area contributed by atoms with Gasteiger partial charge in [-0.3, -0.25) is 4.79 Å². The van der Waals surface area contributed by atoms with E-state index in [-0.39, 0.29) is 18.2 Å². The Morgan fingerprint density at radius 1 is 1.32 bits per heavy atom. The first kappa shape index (κ1) is 17.4. The van der Waals surface area contributed by atoms with Crippen molar-refractivity contribution in [3.8, 4) is 5.69 Å². The topological polar surface area (TPSA) is 80.2 Å². The fourth-order valence-corrected chi connectivity index (χ4v) is 3.39. The Kier molecular flexibility index (Phi) is 5.33. The number of benzene rings is 1. The Morgan fingerprint density at radius 2 is 2.04 bits per heavy atom. The van der Waals surface area contributed by atoms with Gasteiger partial charge in [-0.2, -0.15) is 5.10 Å². The van der Waals surface area contributed by atoms with Crippen molar-refractivity contribution in [3.63, 3.8) is 0 Å². The van der Waals surface area contributed by atoms with Crippen molar-refractivity contribution in [2.24, 2.45) is 5.92 Å². The molecule has 1 fully saturated rings. The van der Waals surface area contributed by atoms with Gasteiger partial charge in [-0.1, -0.05) is 18.2 Å². The van der Waals surface area contributed by atoms with Crippen LogP contribution in [0.15, 0.2) is 29.1 Å². The highest BCUT2D eigenvalue weighted by molar-refractivity contribution is 5.77. The van der Waals surface area contributed by atoms with Crippen LogP contribution in [0.4, 0.5) is 0 Å². The number of amides is 1. The second-order valence-corrected chi connectivity index (χ2v) is 6.53. The number of piperidine rings is 1. The number of nitrogens with zero attached hydrogens (tertiary/aromatic N) is 3. The molecule has 0 unspecified atom stereocenters. The van der Waals surface area contributed by atoms with E-state index in [1.807, 2.05) is 36.1 Å². The van der Waals surface area contributed by atoms with E-state index in [4.69, 9.17) is 4.74 Å². The highest BCUT2D eigenvalue weighted by atomic mass is 16.5. The summed E-state index contributed by atoms with van der Waals surface area (Å²) in [5, 5.41) is 6.81. The number of nitrogens with one attached hydrogen (secondary N) is 1. The second kappa shape index (κ2) is 7.65. The monoisotopic (exact) mass is 344 g/mol. The molecule has 0 bridgehead atoms. The molecular weight excluding hydrogens is 320 g/mol. The van der Waals surface area contributed by atoms with Crippen LogP contribution in [0.3, 0.4) is 0 Å². The van der Waals surface area contributed by atoms with E-state index in [2.05, 4.69) is 10.2 Å². The zero-order chi connectivity index (χ0) is 17.8. The van der Waals surface area contributed by atoms with Gasteiger partial charge in [-0.05, 0) is 37.3 Å². The molecule has 1 amide bonds. The van der Waals surface area contributed by atoms with Gasteiger partial charge in [0.15, 0.2) is 0 Å². The largest absolute Gasteiger partial charge is 0.375 e. The van der Waals surface area contributed by atoms with Crippen LogP contribution >= 0.6 is 0 Å². The molecule has 2 aromatic rings. The van der Waals surface area contributed by atoms with Crippen LogP contribution in [0, 0.1) is 12.8 Å². The Hall–Kier alpha value is -2.41. The smallest absolute Gasteiger partial charge is 0.347 e. The van der Waals surface area contributed by atoms with Crippen molar-refractivity contribution in [2.45, 2.75) is 26.2 Å². The average molecular weight is 344 g/mol. The fraction of sp³-hybridized carbons (Fsp3) is 0.500. The summed E-state index contributed by atoms with van der Waals surface area (Å²) in [6.07, 6.45) is 2.54. The zero-order valence-corrected chi connectivity index (χ0v) is 14.7. The van der Waals surface area contributed by atoms with Gasteiger partial charge in [-0.25, -0.2) is 14.5 Å². The average Bonchev–Trinajstić information content (AvgIpc) is 2.96. The zero-order valence-electron chi connectivity index (χ0n) is 14.7. The number of carbonyl (C=O) groups excluding carboxylic acids is 1. The molecule has 0 aliphatic carbocycles. The maximum Gasteiger partial charge on any atom is 0.347 e. The Labute approximate surface area is 146 Å². The lowest BCUT2D eigenvalue weighted by Gasteiger charge is -2.31. The first-order valence-corrected chi connectivity index (χ1v) is 8.59. The van der Waals surface area contributed by atoms with E-state index in [0.717, 1.165) is 49.4 Å². The third kappa shape index (κ3) is 3.82. The van der Waals surface area contributed by atoms with E-state index in [1.165, 1.54) is 7.11 Å². The van der Waals surface area contributed by atoms with Gasteiger partial charge in [0.25, 0.3) is 0 Å². The summed E-state index contributed by atoms with van der Waals surface area (Å²) in [6.45, 7) is 3.58. The quantitative estimate of drug-likeness (QED) is 0.886. The number of methoxy groups -OCH3 is 1. The van der Waals surface area contributed by atoms with Crippen molar-refractivity contribution >= 4 is 5.91 Å². The Morgan fingerprint density at radius 3 is 2.72 bits per heavy atom. The molecule has 134 valence electrons. The summed E-state index contributed by atoms with van der Waals surface area (Å²) < 4.78 is 6.58. The summed E-state index contributed by atoms with van der Waals surface area (Å²) in [4.78, 5) is 26.0. The number of likely N-dealkylation sites (tertiary alicyclic amines) is 1. The first-order valence-electron chi connectivity index (χ1n) is 8.59. The molecule has 1 aromatic carbocycles. The van der Waals surface area contributed by atoms with E-state index >= 15 is 0 Å². The molecule has 2 heterocycles. The van der Waals surface area contributed by atoms with Crippen molar-refractivity contribution < 1.29 is 9.53 Å². The maximum absolute atomic E-state index is 12.2. The molecule has 1 saturated heterocycles. The molecule has 0 spiro atoms. The maximum atomic E-state index is 12.2. The van der Waals surface area contributed by atoms with E-state index in [1.54, 1.807) is 4.57 Å². The standard InChI is InChI=1S/C18H24N4O3/c1-13-5-3-4-6-15(13)22-16(19-20-18(22)24)11-14-7-9-21(10-8-14)17(23)12-25-2/h3-6,14H,7-12H2,1-2H3,(H,20,24). The Bertz CT molecular complexity index is 788. The lowest BCUT2D eigenvalue weighted by atomic mass is 9.93. The van der Waals surface area contributed by atoms with Gasteiger partial charge in [0, 0.05) is 26.6 Å². The molecule has 0 atom stereocenters. The number of rotatable bonds is 5. The summed E-state index contributed by atoms with van der Waals surface area (Å²) in [5.74, 6) is 1.20. The number of carbonyl (C=O) groups is 1. The van der Waals surface area contributed by atoms with Gasteiger partial charge in [0.05, 0.1) is 5.69 Å². The van der Waals surface area contributed by atoms with Crippen LogP contribution in [-0.2, 0) is 16.0 Å². The van der Waals surface area contributed by atoms with Crippen LogP contribution in [-0.4, -0.2) is 52.4 Å². The van der Waals surface area contributed by atoms with E-state index in [9.17, 15) is 9.59 Å². The third-order valence-electron chi connectivity index (χ3n) is 4.80. The number of aromatic nitrogens is 3. The lowest BCUT2D eigenvalue weighted by Crippen LogP contribution is -2.40. The van der Waals surface area contributed by atoms with Crippen LogP contribution in [0.2, 0.25) is 0 Å². The van der Waals surface area contributed by atoms with E-state index in [0.29, 0.717) is 5.92 Å². The molecule has 25 heavy (non-hydrogen) atoms. The minimum absolute atomic E-state index is 0.0394. The number of para-hydroxylation sites is 1. The molecule has 0 saturated carbocycles. The molecule has 7 heteroatoms. The first-order chi connectivity index (χ1) is 12.1. The van der Waals surface area contributed by atoms with Gasteiger partial charge >= 0.3 is 5.69 Å². The van der Waals surface area contributed by atoms with Gasteiger partial charge < -0.3 is 9.64 Å². The number of ether oxygens (including phenoxy) is 1.